The van der Waals surface area contributed by atoms with Crippen molar-refractivity contribution in [3.8, 4) is 11.4 Å². The highest BCUT2D eigenvalue weighted by molar-refractivity contribution is 6.05. The Morgan fingerprint density at radius 3 is 2.70 bits per heavy atom. The van der Waals surface area contributed by atoms with Gasteiger partial charge < -0.3 is 10.1 Å². The van der Waals surface area contributed by atoms with Crippen LogP contribution in [0.1, 0.15) is 16.2 Å². The number of pyridine rings is 1. The van der Waals surface area contributed by atoms with Gasteiger partial charge in [0.1, 0.15) is 11.4 Å². The Balaban J connectivity index is 1.47. The molecule has 0 saturated heterocycles. The summed E-state index contributed by atoms with van der Waals surface area (Å²) in [5, 5.41) is 9.22. The molecule has 4 aromatic rings. The molecule has 0 aliphatic carbocycles. The summed E-state index contributed by atoms with van der Waals surface area (Å²) in [7, 11) is 1.63. The number of methoxy groups -OCH3 is 1. The van der Waals surface area contributed by atoms with Gasteiger partial charge in [-0.3, -0.25) is 9.78 Å². The van der Waals surface area contributed by atoms with E-state index >= 15 is 0 Å². The molecular weight excluding hydrogens is 340 g/mol. The molecule has 2 heterocycles. The third-order valence-corrected chi connectivity index (χ3v) is 4.30. The maximum atomic E-state index is 12.6. The quantitative estimate of drug-likeness (QED) is 0.594. The lowest BCUT2D eigenvalue weighted by Crippen LogP contribution is -2.24. The molecular formula is C21H18N4O2. The van der Waals surface area contributed by atoms with Crippen LogP contribution in [0.15, 0.2) is 73.1 Å². The summed E-state index contributed by atoms with van der Waals surface area (Å²) in [5.74, 6) is 0.576. The van der Waals surface area contributed by atoms with E-state index in [9.17, 15) is 4.79 Å². The smallest absolute Gasteiger partial charge is 0.270 e. The Bertz CT molecular complexity index is 1080. The van der Waals surface area contributed by atoms with E-state index in [0.717, 1.165) is 27.9 Å². The molecule has 134 valence electrons. The molecule has 2 aromatic carbocycles. The maximum Gasteiger partial charge on any atom is 0.270 e. The highest BCUT2D eigenvalue weighted by Crippen LogP contribution is 2.17. The zero-order valence-electron chi connectivity index (χ0n) is 14.8. The van der Waals surface area contributed by atoms with Crippen molar-refractivity contribution < 1.29 is 9.53 Å². The monoisotopic (exact) mass is 358 g/mol. The third kappa shape index (κ3) is 3.50. The van der Waals surface area contributed by atoms with Gasteiger partial charge >= 0.3 is 0 Å². The first-order valence-electron chi connectivity index (χ1n) is 8.55. The lowest BCUT2D eigenvalue weighted by atomic mass is 10.1. The van der Waals surface area contributed by atoms with E-state index in [-0.39, 0.29) is 5.91 Å². The summed E-state index contributed by atoms with van der Waals surface area (Å²) in [6, 6.07) is 19.1. The summed E-state index contributed by atoms with van der Waals surface area (Å²) in [4.78, 5) is 16.8. The molecule has 27 heavy (non-hydrogen) atoms. The molecule has 4 rings (SSSR count). The van der Waals surface area contributed by atoms with Crippen molar-refractivity contribution in [1.29, 1.82) is 0 Å². The average molecular weight is 358 g/mol. The molecule has 6 nitrogen and oxygen atoms in total. The molecule has 2 aromatic heterocycles. The van der Waals surface area contributed by atoms with Crippen LogP contribution in [0.5, 0.6) is 5.75 Å². The first-order valence-corrected chi connectivity index (χ1v) is 8.55. The number of benzene rings is 2. The number of nitrogens with one attached hydrogen (secondary N) is 1. The Morgan fingerprint density at radius 1 is 1.07 bits per heavy atom. The number of ether oxygens (including phenoxy) is 1. The number of fused-ring (bicyclic) bond motifs is 1. The minimum absolute atomic E-state index is 0.217. The predicted octanol–water partition coefficient (Wildman–Crippen LogP) is 3.36. The lowest BCUT2D eigenvalue weighted by molar-refractivity contribution is 0.0947. The minimum atomic E-state index is -0.217. The van der Waals surface area contributed by atoms with Crippen LogP contribution >= 0.6 is 0 Å². The summed E-state index contributed by atoms with van der Waals surface area (Å²) in [6.45, 7) is 0.326. The number of amides is 1. The fourth-order valence-corrected chi connectivity index (χ4v) is 2.89. The first kappa shape index (κ1) is 16.8. The molecule has 0 radical (unpaired) electrons. The largest absolute Gasteiger partial charge is 0.497 e. The van der Waals surface area contributed by atoms with E-state index in [4.69, 9.17) is 4.74 Å². The minimum Gasteiger partial charge on any atom is -0.497 e. The van der Waals surface area contributed by atoms with Gasteiger partial charge in [0.25, 0.3) is 5.91 Å². The maximum absolute atomic E-state index is 12.6. The topological polar surface area (TPSA) is 69.0 Å². The second kappa shape index (κ2) is 7.29. The van der Waals surface area contributed by atoms with Crippen molar-refractivity contribution in [2.45, 2.75) is 6.54 Å². The van der Waals surface area contributed by atoms with Gasteiger partial charge in [-0.1, -0.05) is 24.3 Å². The molecule has 0 unspecified atom stereocenters. The summed E-state index contributed by atoms with van der Waals surface area (Å²) < 4.78 is 6.93. The Morgan fingerprint density at radius 2 is 1.89 bits per heavy atom. The summed E-state index contributed by atoms with van der Waals surface area (Å²) >= 11 is 0. The van der Waals surface area contributed by atoms with Gasteiger partial charge in [0.2, 0.25) is 0 Å². The van der Waals surface area contributed by atoms with Gasteiger partial charge in [-0.25, -0.2) is 4.68 Å². The normalized spacial score (nSPS) is 10.7. The van der Waals surface area contributed by atoms with Crippen molar-refractivity contribution >= 4 is 16.7 Å². The van der Waals surface area contributed by atoms with E-state index in [1.807, 2.05) is 66.9 Å². The molecule has 0 aliphatic rings. The fraction of sp³-hybridized carbons (Fsp3) is 0.0952. The molecule has 0 aliphatic heterocycles. The van der Waals surface area contributed by atoms with Crippen LogP contribution in [0.4, 0.5) is 0 Å². The third-order valence-electron chi connectivity index (χ3n) is 4.30. The molecule has 0 fully saturated rings. The highest BCUT2D eigenvalue weighted by Gasteiger charge is 2.12. The second-order valence-electron chi connectivity index (χ2n) is 6.01. The number of carbonyl (C=O) groups excluding carboxylic acids is 1. The molecule has 1 amide bonds. The molecule has 1 N–H and O–H groups in total. The van der Waals surface area contributed by atoms with Crippen molar-refractivity contribution in [2.75, 3.05) is 7.11 Å². The number of nitrogens with zero attached hydrogens (tertiary/aromatic N) is 3. The zero-order chi connectivity index (χ0) is 18.6. The van der Waals surface area contributed by atoms with Crippen LogP contribution in [-0.2, 0) is 6.54 Å². The van der Waals surface area contributed by atoms with Crippen LogP contribution in [0.2, 0.25) is 0 Å². The molecule has 0 atom stereocenters. The second-order valence-corrected chi connectivity index (χ2v) is 6.01. The number of carbonyl (C=O) groups is 1. The SMILES string of the molecule is COc1ccc(-n2ccc(CNC(=O)c3nccc4ccccc34)n2)cc1. The summed E-state index contributed by atoms with van der Waals surface area (Å²) in [6.07, 6.45) is 3.51. The molecule has 6 heteroatoms. The summed E-state index contributed by atoms with van der Waals surface area (Å²) in [5.41, 5.74) is 2.10. The number of aromatic nitrogens is 3. The van der Waals surface area contributed by atoms with Crippen molar-refractivity contribution in [3.05, 3.63) is 84.4 Å². The standard InChI is InChI=1S/C21H18N4O2/c1-27-18-8-6-17(7-9-18)25-13-11-16(24-25)14-23-21(26)20-19-5-3-2-4-15(19)10-12-22-20/h2-13H,14H2,1H3,(H,23,26). The van der Waals surface area contributed by atoms with Crippen LogP contribution in [-0.4, -0.2) is 27.8 Å². The van der Waals surface area contributed by atoms with Crippen LogP contribution in [0, 0.1) is 0 Å². The fourth-order valence-electron chi connectivity index (χ4n) is 2.89. The van der Waals surface area contributed by atoms with E-state index < -0.39 is 0 Å². The highest BCUT2D eigenvalue weighted by atomic mass is 16.5. The van der Waals surface area contributed by atoms with Crippen molar-refractivity contribution in [2.24, 2.45) is 0 Å². The number of hydrogen-bond acceptors (Lipinski definition) is 4. The zero-order valence-corrected chi connectivity index (χ0v) is 14.8. The van der Waals surface area contributed by atoms with Gasteiger partial charge in [0, 0.05) is 17.8 Å². The molecule has 0 spiro atoms. The van der Waals surface area contributed by atoms with E-state index in [0.29, 0.717) is 12.2 Å². The van der Waals surface area contributed by atoms with Gasteiger partial charge in [-0.2, -0.15) is 5.10 Å². The van der Waals surface area contributed by atoms with Crippen LogP contribution in [0.3, 0.4) is 0 Å². The van der Waals surface area contributed by atoms with Crippen LogP contribution in [0.25, 0.3) is 16.5 Å². The Kier molecular flexibility index (Phi) is 4.53. The molecule has 0 bridgehead atoms. The lowest BCUT2D eigenvalue weighted by Gasteiger charge is -2.06. The van der Waals surface area contributed by atoms with Crippen molar-refractivity contribution in [1.82, 2.24) is 20.1 Å². The van der Waals surface area contributed by atoms with E-state index in [2.05, 4.69) is 15.4 Å². The Labute approximate surface area is 156 Å². The predicted molar refractivity (Wildman–Crippen MR) is 103 cm³/mol. The van der Waals surface area contributed by atoms with Gasteiger partial charge in [-0.15, -0.1) is 0 Å². The van der Waals surface area contributed by atoms with E-state index in [1.54, 1.807) is 18.0 Å². The van der Waals surface area contributed by atoms with Crippen molar-refractivity contribution in [3.63, 3.8) is 0 Å². The van der Waals surface area contributed by atoms with Crippen LogP contribution < -0.4 is 10.1 Å². The first-order chi connectivity index (χ1) is 13.2. The van der Waals surface area contributed by atoms with Gasteiger partial charge in [0.05, 0.1) is 25.0 Å². The Hall–Kier alpha value is -3.67. The van der Waals surface area contributed by atoms with E-state index in [1.165, 1.54) is 0 Å². The van der Waals surface area contributed by atoms with Gasteiger partial charge in [-0.05, 0) is 41.8 Å². The van der Waals surface area contributed by atoms with Gasteiger partial charge in [0.15, 0.2) is 0 Å². The average Bonchev–Trinajstić information content (AvgIpc) is 3.20. The number of hydrogen-bond donors (Lipinski definition) is 1. The number of rotatable bonds is 5. The molecule has 0 saturated carbocycles.